The number of aromatic carboxylic acids is 1. The van der Waals surface area contributed by atoms with Gasteiger partial charge in [0.15, 0.2) is 0 Å². The number of nitrogens with one attached hydrogen (secondary N) is 1. The SMILES string of the molecule is COc1cc(CNc2ccccc2C(=O)O)cc(OC)c1. The summed E-state index contributed by atoms with van der Waals surface area (Å²) < 4.78 is 10.4. The van der Waals surface area contributed by atoms with Crippen LogP contribution in [0.4, 0.5) is 5.69 Å². The Bertz CT molecular complexity index is 618. The summed E-state index contributed by atoms with van der Waals surface area (Å²) in [5.74, 6) is 0.427. The van der Waals surface area contributed by atoms with Crippen molar-refractivity contribution in [3.63, 3.8) is 0 Å². The highest BCUT2D eigenvalue weighted by molar-refractivity contribution is 5.94. The molecule has 0 heterocycles. The first-order chi connectivity index (χ1) is 10.1. The molecular formula is C16H17NO4. The molecule has 0 aliphatic heterocycles. The van der Waals surface area contributed by atoms with Crippen molar-refractivity contribution < 1.29 is 19.4 Å². The molecular weight excluding hydrogens is 270 g/mol. The molecule has 0 saturated carbocycles. The minimum absolute atomic E-state index is 0.243. The molecule has 2 aromatic carbocycles. The van der Waals surface area contributed by atoms with E-state index >= 15 is 0 Å². The van der Waals surface area contributed by atoms with E-state index in [1.54, 1.807) is 44.6 Å². The number of ether oxygens (including phenoxy) is 2. The lowest BCUT2D eigenvalue weighted by Crippen LogP contribution is -2.06. The number of carbonyl (C=O) groups is 1. The molecule has 0 amide bonds. The molecule has 0 radical (unpaired) electrons. The lowest BCUT2D eigenvalue weighted by atomic mass is 10.1. The van der Waals surface area contributed by atoms with E-state index in [-0.39, 0.29) is 5.56 Å². The van der Waals surface area contributed by atoms with E-state index in [0.717, 1.165) is 5.56 Å². The fourth-order valence-corrected chi connectivity index (χ4v) is 1.99. The Hall–Kier alpha value is -2.69. The van der Waals surface area contributed by atoms with E-state index in [1.165, 1.54) is 0 Å². The normalized spacial score (nSPS) is 10.0. The first-order valence-corrected chi connectivity index (χ1v) is 6.42. The van der Waals surface area contributed by atoms with Crippen LogP contribution in [0.25, 0.3) is 0 Å². The first kappa shape index (κ1) is 14.7. The van der Waals surface area contributed by atoms with Crippen LogP contribution in [-0.4, -0.2) is 25.3 Å². The van der Waals surface area contributed by atoms with Crippen molar-refractivity contribution in [1.82, 2.24) is 0 Å². The highest BCUT2D eigenvalue weighted by Gasteiger charge is 2.09. The summed E-state index contributed by atoms with van der Waals surface area (Å²) in [7, 11) is 3.18. The quantitative estimate of drug-likeness (QED) is 0.854. The van der Waals surface area contributed by atoms with Gasteiger partial charge >= 0.3 is 5.97 Å². The molecule has 2 N–H and O–H groups in total. The Morgan fingerprint density at radius 3 is 2.29 bits per heavy atom. The predicted molar refractivity (Wildman–Crippen MR) is 80.3 cm³/mol. The van der Waals surface area contributed by atoms with E-state index in [4.69, 9.17) is 14.6 Å². The van der Waals surface area contributed by atoms with Crippen LogP contribution in [-0.2, 0) is 6.54 Å². The van der Waals surface area contributed by atoms with Crippen LogP contribution >= 0.6 is 0 Å². The van der Waals surface area contributed by atoms with Gasteiger partial charge in [-0.2, -0.15) is 0 Å². The second-order valence-electron chi connectivity index (χ2n) is 4.43. The monoisotopic (exact) mass is 287 g/mol. The number of para-hydroxylation sites is 1. The third-order valence-electron chi connectivity index (χ3n) is 3.05. The Morgan fingerprint density at radius 1 is 1.10 bits per heavy atom. The molecule has 5 heteroatoms. The van der Waals surface area contributed by atoms with Crippen LogP contribution in [0.1, 0.15) is 15.9 Å². The smallest absolute Gasteiger partial charge is 0.337 e. The summed E-state index contributed by atoms with van der Waals surface area (Å²) >= 11 is 0. The molecule has 110 valence electrons. The number of hydrogen-bond donors (Lipinski definition) is 2. The zero-order chi connectivity index (χ0) is 15.2. The summed E-state index contributed by atoms with van der Waals surface area (Å²) in [6.07, 6.45) is 0. The summed E-state index contributed by atoms with van der Waals surface area (Å²) in [5.41, 5.74) is 1.76. The highest BCUT2D eigenvalue weighted by atomic mass is 16.5. The van der Waals surface area contributed by atoms with Gasteiger partial charge in [0.1, 0.15) is 11.5 Å². The fourth-order valence-electron chi connectivity index (χ4n) is 1.99. The Kier molecular flexibility index (Phi) is 4.66. The van der Waals surface area contributed by atoms with Crippen LogP contribution in [0.5, 0.6) is 11.5 Å². The number of methoxy groups -OCH3 is 2. The topological polar surface area (TPSA) is 67.8 Å². The van der Waals surface area contributed by atoms with E-state index in [1.807, 2.05) is 12.1 Å². The standard InChI is InChI=1S/C16H17NO4/c1-20-12-7-11(8-13(9-12)21-2)10-17-15-6-4-3-5-14(15)16(18)19/h3-9,17H,10H2,1-2H3,(H,18,19). The average molecular weight is 287 g/mol. The molecule has 21 heavy (non-hydrogen) atoms. The van der Waals surface area contributed by atoms with Crippen LogP contribution in [0.15, 0.2) is 42.5 Å². The molecule has 0 spiro atoms. The number of hydrogen-bond acceptors (Lipinski definition) is 4. The van der Waals surface area contributed by atoms with Gasteiger partial charge in [-0.25, -0.2) is 4.79 Å². The van der Waals surface area contributed by atoms with E-state index in [9.17, 15) is 4.79 Å². The summed E-state index contributed by atoms with van der Waals surface area (Å²) in [6.45, 7) is 0.470. The van der Waals surface area contributed by atoms with Crippen molar-refractivity contribution >= 4 is 11.7 Å². The summed E-state index contributed by atoms with van der Waals surface area (Å²) in [4.78, 5) is 11.2. The molecule has 0 aromatic heterocycles. The third-order valence-corrected chi connectivity index (χ3v) is 3.05. The van der Waals surface area contributed by atoms with Gasteiger partial charge in [-0.3, -0.25) is 0 Å². The van der Waals surface area contributed by atoms with Gasteiger partial charge in [-0.05, 0) is 29.8 Å². The van der Waals surface area contributed by atoms with Gasteiger partial charge in [0.05, 0.1) is 19.8 Å². The second kappa shape index (κ2) is 6.65. The first-order valence-electron chi connectivity index (χ1n) is 6.42. The summed E-state index contributed by atoms with van der Waals surface area (Å²) in [6, 6.07) is 12.3. The summed E-state index contributed by atoms with van der Waals surface area (Å²) in [5, 5.41) is 12.3. The zero-order valence-corrected chi connectivity index (χ0v) is 11.9. The predicted octanol–water partition coefficient (Wildman–Crippen LogP) is 3.01. The van der Waals surface area contributed by atoms with E-state index in [0.29, 0.717) is 23.7 Å². The van der Waals surface area contributed by atoms with Crippen LogP contribution < -0.4 is 14.8 Å². The van der Waals surface area contributed by atoms with Gasteiger partial charge in [0.25, 0.3) is 0 Å². The second-order valence-corrected chi connectivity index (χ2v) is 4.43. The Morgan fingerprint density at radius 2 is 1.71 bits per heavy atom. The van der Waals surface area contributed by atoms with Crippen LogP contribution in [0.3, 0.4) is 0 Å². The highest BCUT2D eigenvalue weighted by Crippen LogP contribution is 2.23. The maximum atomic E-state index is 11.2. The van der Waals surface area contributed by atoms with E-state index in [2.05, 4.69) is 5.32 Å². The van der Waals surface area contributed by atoms with Crippen molar-refractivity contribution in [3.05, 3.63) is 53.6 Å². The molecule has 0 aliphatic rings. The van der Waals surface area contributed by atoms with Crippen LogP contribution in [0.2, 0.25) is 0 Å². The largest absolute Gasteiger partial charge is 0.497 e. The lowest BCUT2D eigenvalue weighted by Gasteiger charge is -2.12. The number of carboxylic acids is 1. The molecule has 2 aromatic rings. The molecule has 0 unspecified atom stereocenters. The van der Waals surface area contributed by atoms with Crippen molar-refractivity contribution in [3.8, 4) is 11.5 Å². The van der Waals surface area contributed by atoms with Gasteiger partial charge in [-0.15, -0.1) is 0 Å². The number of carboxylic acid groups (broad SMARTS) is 1. The maximum Gasteiger partial charge on any atom is 0.337 e. The molecule has 0 saturated heterocycles. The number of benzene rings is 2. The number of anilines is 1. The maximum absolute atomic E-state index is 11.2. The van der Waals surface area contributed by atoms with E-state index < -0.39 is 5.97 Å². The van der Waals surface area contributed by atoms with Gasteiger partial charge in [0, 0.05) is 18.3 Å². The molecule has 0 fully saturated rings. The lowest BCUT2D eigenvalue weighted by molar-refractivity contribution is 0.0698. The van der Waals surface area contributed by atoms with Gasteiger partial charge in [-0.1, -0.05) is 12.1 Å². The Balaban J connectivity index is 2.18. The van der Waals surface area contributed by atoms with Crippen molar-refractivity contribution in [2.45, 2.75) is 6.54 Å². The van der Waals surface area contributed by atoms with Crippen molar-refractivity contribution in [2.75, 3.05) is 19.5 Å². The minimum Gasteiger partial charge on any atom is -0.497 e. The van der Waals surface area contributed by atoms with Gasteiger partial charge < -0.3 is 19.9 Å². The minimum atomic E-state index is -0.957. The van der Waals surface area contributed by atoms with Crippen molar-refractivity contribution in [2.24, 2.45) is 0 Å². The Labute approximate surface area is 123 Å². The zero-order valence-electron chi connectivity index (χ0n) is 11.9. The third kappa shape index (κ3) is 3.66. The fraction of sp³-hybridized carbons (Fsp3) is 0.188. The average Bonchev–Trinajstić information content (AvgIpc) is 2.52. The molecule has 0 bridgehead atoms. The van der Waals surface area contributed by atoms with Crippen LogP contribution in [0, 0.1) is 0 Å². The van der Waals surface area contributed by atoms with Gasteiger partial charge in [0.2, 0.25) is 0 Å². The molecule has 5 nitrogen and oxygen atoms in total. The number of rotatable bonds is 6. The molecule has 0 aliphatic carbocycles. The van der Waals surface area contributed by atoms with Crippen molar-refractivity contribution in [1.29, 1.82) is 0 Å². The molecule has 2 rings (SSSR count). The molecule has 0 atom stereocenters.